The van der Waals surface area contributed by atoms with Crippen molar-refractivity contribution in [3.8, 4) is 0 Å². The number of guanidine groups is 1. The van der Waals surface area contributed by atoms with E-state index in [2.05, 4.69) is 40.8 Å². The maximum atomic E-state index is 5.31. The smallest absolute Gasteiger partial charge is 0.191 e. The molecule has 0 saturated heterocycles. The Morgan fingerprint density at radius 2 is 2.26 bits per heavy atom. The van der Waals surface area contributed by atoms with E-state index < -0.39 is 0 Å². The molecular weight excluding hydrogens is 356 g/mol. The van der Waals surface area contributed by atoms with E-state index in [1.807, 2.05) is 11.3 Å². The van der Waals surface area contributed by atoms with Gasteiger partial charge in [0.25, 0.3) is 0 Å². The number of nitrogens with one attached hydrogen (secondary N) is 2. The van der Waals surface area contributed by atoms with Crippen molar-refractivity contribution in [2.45, 2.75) is 58.5 Å². The molecule has 152 valence electrons. The minimum atomic E-state index is 0.367. The van der Waals surface area contributed by atoms with Crippen molar-refractivity contribution in [1.82, 2.24) is 15.5 Å². The molecule has 0 spiro atoms. The molecule has 27 heavy (non-hydrogen) atoms. The van der Waals surface area contributed by atoms with E-state index in [0.717, 1.165) is 51.7 Å². The molecule has 5 nitrogen and oxygen atoms in total. The summed E-state index contributed by atoms with van der Waals surface area (Å²) in [5, 5.41) is 9.23. The van der Waals surface area contributed by atoms with Gasteiger partial charge < -0.3 is 15.4 Å². The van der Waals surface area contributed by atoms with Gasteiger partial charge in [-0.25, -0.2) is 0 Å². The molecule has 2 N–H and O–H groups in total. The second-order valence-corrected chi connectivity index (χ2v) is 9.11. The summed E-state index contributed by atoms with van der Waals surface area (Å²) >= 11 is 1.91. The van der Waals surface area contributed by atoms with Gasteiger partial charge in [-0.1, -0.05) is 6.42 Å². The van der Waals surface area contributed by atoms with Crippen LogP contribution < -0.4 is 10.6 Å². The highest BCUT2D eigenvalue weighted by molar-refractivity contribution is 7.10. The summed E-state index contributed by atoms with van der Waals surface area (Å²) in [5.74, 6) is 0.960. The predicted molar refractivity (Wildman–Crippen MR) is 115 cm³/mol. The summed E-state index contributed by atoms with van der Waals surface area (Å²) in [4.78, 5) is 9.08. The zero-order valence-corrected chi connectivity index (χ0v) is 18.0. The lowest BCUT2D eigenvalue weighted by Gasteiger charge is -2.41. The maximum Gasteiger partial charge on any atom is 0.191 e. The molecule has 1 aliphatic carbocycles. The lowest BCUT2D eigenvalue weighted by atomic mass is 9.67. The summed E-state index contributed by atoms with van der Waals surface area (Å²) in [5.41, 5.74) is 1.88. The maximum absolute atomic E-state index is 5.31. The van der Waals surface area contributed by atoms with E-state index in [-0.39, 0.29) is 0 Å². The van der Waals surface area contributed by atoms with E-state index in [1.165, 1.54) is 31.2 Å². The van der Waals surface area contributed by atoms with Crippen LogP contribution in [0.4, 0.5) is 0 Å². The highest BCUT2D eigenvalue weighted by atomic mass is 32.1. The average molecular weight is 393 g/mol. The Bertz CT molecular complexity index is 611. The lowest BCUT2D eigenvalue weighted by molar-refractivity contribution is 0.0778. The van der Waals surface area contributed by atoms with Crippen LogP contribution in [-0.4, -0.2) is 56.8 Å². The Kier molecular flexibility index (Phi) is 7.56. The quantitative estimate of drug-likeness (QED) is 0.500. The topological polar surface area (TPSA) is 48.9 Å². The third-order valence-electron chi connectivity index (χ3n) is 6.19. The van der Waals surface area contributed by atoms with Crippen LogP contribution in [0.2, 0.25) is 0 Å². The predicted octanol–water partition coefficient (Wildman–Crippen LogP) is 3.26. The monoisotopic (exact) mass is 392 g/mol. The van der Waals surface area contributed by atoms with Gasteiger partial charge in [0.15, 0.2) is 5.96 Å². The molecule has 1 atom stereocenters. The lowest BCUT2D eigenvalue weighted by Crippen LogP contribution is -2.47. The first-order chi connectivity index (χ1) is 13.2. The van der Waals surface area contributed by atoms with Gasteiger partial charge in [-0.05, 0) is 62.0 Å². The first-order valence-corrected chi connectivity index (χ1v) is 11.3. The number of thiophene rings is 1. The van der Waals surface area contributed by atoms with Crippen molar-refractivity contribution < 1.29 is 4.74 Å². The summed E-state index contributed by atoms with van der Waals surface area (Å²) < 4.78 is 5.31. The third kappa shape index (κ3) is 5.46. The van der Waals surface area contributed by atoms with Gasteiger partial charge in [-0.2, -0.15) is 0 Å². The van der Waals surface area contributed by atoms with Crippen molar-refractivity contribution in [3.05, 3.63) is 21.9 Å². The first-order valence-electron chi connectivity index (χ1n) is 10.5. The van der Waals surface area contributed by atoms with Gasteiger partial charge >= 0.3 is 0 Å². The molecule has 2 heterocycles. The molecule has 1 aromatic rings. The number of nitrogens with zero attached hydrogens (tertiary/aromatic N) is 2. The van der Waals surface area contributed by atoms with Crippen LogP contribution in [0, 0.1) is 5.41 Å². The molecule has 0 aromatic carbocycles. The largest absolute Gasteiger partial charge is 0.385 e. The van der Waals surface area contributed by atoms with Crippen molar-refractivity contribution in [3.63, 3.8) is 0 Å². The van der Waals surface area contributed by atoms with Crippen LogP contribution in [0.5, 0.6) is 0 Å². The summed E-state index contributed by atoms with van der Waals surface area (Å²) in [6, 6.07) is 2.78. The van der Waals surface area contributed by atoms with E-state index in [0.29, 0.717) is 11.5 Å². The van der Waals surface area contributed by atoms with Crippen molar-refractivity contribution in [1.29, 1.82) is 0 Å². The molecule has 2 aliphatic rings. The molecule has 0 amide bonds. The highest BCUT2D eigenvalue weighted by Gasteiger charge is 2.36. The fourth-order valence-electron chi connectivity index (χ4n) is 4.09. The number of hydrogen-bond donors (Lipinski definition) is 2. The van der Waals surface area contributed by atoms with Gasteiger partial charge in [-0.15, -0.1) is 11.3 Å². The third-order valence-corrected chi connectivity index (χ3v) is 7.22. The second-order valence-electron chi connectivity index (χ2n) is 8.11. The minimum Gasteiger partial charge on any atom is -0.385 e. The SMILES string of the molecule is CCNC(=NCC1(CCOC)CCC1)NCC(C)N1CCc2sccc2C1. The number of aliphatic imine (C=N–C) groups is 1. The Labute approximate surface area is 168 Å². The van der Waals surface area contributed by atoms with Crippen molar-refractivity contribution >= 4 is 17.3 Å². The van der Waals surface area contributed by atoms with Crippen LogP contribution >= 0.6 is 11.3 Å². The van der Waals surface area contributed by atoms with Crippen LogP contribution in [0.1, 0.15) is 50.0 Å². The molecule has 0 bridgehead atoms. The Morgan fingerprint density at radius 3 is 2.96 bits per heavy atom. The Morgan fingerprint density at radius 1 is 1.41 bits per heavy atom. The minimum absolute atomic E-state index is 0.367. The van der Waals surface area contributed by atoms with Crippen LogP contribution in [-0.2, 0) is 17.7 Å². The summed E-state index contributed by atoms with van der Waals surface area (Å²) in [6.07, 6.45) is 6.21. The second kappa shape index (κ2) is 9.89. The Balaban J connectivity index is 1.50. The number of methoxy groups -OCH3 is 1. The molecule has 1 fully saturated rings. The normalized spacial score (nSPS) is 20.6. The van der Waals surface area contributed by atoms with E-state index in [9.17, 15) is 0 Å². The van der Waals surface area contributed by atoms with Crippen LogP contribution in [0.25, 0.3) is 0 Å². The zero-order valence-electron chi connectivity index (χ0n) is 17.2. The van der Waals surface area contributed by atoms with Crippen LogP contribution in [0.3, 0.4) is 0 Å². The average Bonchev–Trinajstić information content (AvgIpc) is 3.12. The molecule has 1 aliphatic heterocycles. The molecule has 0 radical (unpaired) electrons. The first kappa shape index (κ1) is 20.6. The summed E-state index contributed by atoms with van der Waals surface area (Å²) in [7, 11) is 1.79. The van der Waals surface area contributed by atoms with Crippen LogP contribution in [0.15, 0.2) is 16.4 Å². The number of rotatable bonds is 9. The number of hydrogen-bond acceptors (Lipinski definition) is 4. The standard InChI is InChI=1S/C21H36N4OS/c1-4-22-20(24-16-21(8-5-9-21)10-12-26-3)23-14-17(2)25-11-6-19-18(15-25)7-13-27-19/h7,13,17H,4-6,8-12,14-16H2,1-3H3,(H2,22,23,24). The van der Waals surface area contributed by atoms with Gasteiger partial charge in [0, 0.05) is 57.4 Å². The fourth-order valence-corrected chi connectivity index (χ4v) is 4.98. The van der Waals surface area contributed by atoms with Gasteiger partial charge in [0.05, 0.1) is 0 Å². The molecule has 1 unspecified atom stereocenters. The number of fused-ring (bicyclic) bond motifs is 1. The van der Waals surface area contributed by atoms with E-state index in [4.69, 9.17) is 9.73 Å². The van der Waals surface area contributed by atoms with Gasteiger partial charge in [0.2, 0.25) is 0 Å². The van der Waals surface area contributed by atoms with E-state index >= 15 is 0 Å². The summed E-state index contributed by atoms with van der Waals surface area (Å²) in [6.45, 7) is 10.3. The van der Waals surface area contributed by atoms with Crippen molar-refractivity contribution in [2.75, 3.05) is 39.9 Å². The molecule has 1 saturated carbocycles. The van der Waals surface area contributed by atoms with Crippen molar-refractivity contribution in [2.24, 2.45) is 10.4 Å². The fraction of sp³-hybridized carbons (Fsp3) is 0.762. The molecule has 6 heteroatoms. The Hall–Kier alpha value is -1.11. The number of ether oxygens (including phenoxy) is 1. The van der Waals surface area contributed by atoms with Gasteiger partial charge in [-0.3, -0.25) is 9.89 Å². The van der Waals surface area contributed by atoms with Gasteiger partial charge in [0.1, 0.15) is 0 Å². The van der Waals surface area contributed by atoms with E-state index in [1.54, 1.807) is 12.0 Å². The highest BCUT2D eigenvalue weighted by Crippen LogP contribution is 2.44. The molecule has 1 aromatic heterocycles. The molecular formula is C21H36N4OS. The zero-order chi connectivity index (χ0) is 19.1. The molecule has 3 rings (SSSR count).